The van der Waals surface area contributed by atoms with Gasteiger partial charge in [-0.15, -0.1) is 0 Å². The van der Waals surface area contributed by atoms with E-state index in [4.69, 9.17) is 4.74 Å². The molecule has 0 saturated carbocycles. The maximum Gasteiger partial charge on any atom is 0.270 e. The van der Waals surface area contributed by atoms with Gasteiger partial charge in [-0.3, -0.25) is 9.59 Å². The first-order valence-electron chi connectivity index (χ1n) is 9.33. The Kier molecular flexibility index (Phi) is 7.13. The molecule has 0 bridgehead atoms. The Balaban J connectivity index is 1.68. The first kappa shape index (κ1) is 22.6. The lowest BCUT2D eigenvalue weighted by molar-refractivity contribution is -0.113. The highest BCUT2D eigenvalue weighted by molar-refractivity contribution is 7.99. The topological polar surface area (TPSA) is 118 Å². The van der Waals surface area contributed by atoms with Crippen molar-refractivity contribution in [2.75, 3.05) is 18.2 Å². The highest BCUT2D eigenvalue weighted by Gasteiger charge is 2.22. The third-order valence-electron chi connectivity index (χ3n) is 4.36. The lowest BCUT2D eigenvalue weighted by Gasteiger charge is -2.07. The predicted molar refractivity (Wildman–Crippen MR) is 118 cm³/mol. The van der Waals surface area contributed by atoms with Gasteiger partial charge in [-0.1, -0.05) is 30.8 Å². The molecule has 1 aromatic heterocycles. The third kappa shape index (κ3) is 5.53. The van der Waals surface area contributed by atoms with Gasteiger partial charge in [0.1, 0.15) is 5.75 Å². The van der Waals surface area contributed by atoms with Crippen LogP contribution in [-0.2, 0) is 21.1 Å². The van der Waals surface area contributed by atoms with E-state index < -0.39 is 20.3 Å². The summed E-state index contributed by atoms with van der Waals surface area (Å²) in [5.41, 5.74) is 0.988. The van der Waals surface area contributed by atoms with E-state index in [9.17, 15) is 18.0 Å². The summed E-state index contributed by atoms with van der Waals surface area (Å²) >= 11 is 1.00. The molecule has 0 unspecified atom stereocenters. The molecule has 2 N–H and O–H groups in total. The fraction of sp³-hybridized carbons (Fsp3) is 0.190. The van der Waals surface area contributed by atoms with Crippen LogP contribution in [0.2, 0.25) is 0 Å². The number of thioether (sulfide) groups is 1. The number of ether oxygens (including phenoxy) is 1. The Morgan fingerprint density at radius 1 is 1.19 bits per heavy atom. The highest BCUT2D eigenvalue weighted by atomic mass is 32.2. The first-order valence-corrected chi connectivity index (χ1v) is 11.8. The summed E-state index contributed by atoms with van der Waals surface area (Å²) in [7, 11) is -2.57. The molecule has 0 saturated heterocycles. The van der Waals surface area contributed by atoms with Crippen molar-refractivity contribution in [2.24, 2.45) is 0 Å². The van der Waals surface area contributed by atoms with Gasteiger partial charge in [0.2, 0.25) is 15.7 Å². The monoisotopic (exact) mass is 459 g/mol. The van der Waals surface area contributed by atoms with Crippen molar-refractivity contribution < 1.29 is 17.9 Å². The summed E-state index contributed by atoms with van der Waals surface area (Å²) in [6, 6.07) is 13.2. The van der Waals surface area contributed by atoms with Crippen LogP contribution < -0.4 is 15.6 Å². The number of methoxy groups -OCH3 is 1. The molecule has 31 heavy (non-hydrogen) atoms. The number of carbonyl (C=O) groups excluding carboxylic acids is 1. The van der Waals surface area contributed by atoms with Crippen LogP contribution >= 0.6 is 11.8 Å². The van der Waals surface area contributed by atoms with Crippen molar-refractivity contribution in [2.45, 2.75) is 28.3 Å². The van der Waals surface area contributed by atoms with Gasteiger partial charge in [-0.25, -0.2) is 13.4 Å². The molecule has 8 nitrogen and oxygen atoms in total. The van der Waals surface area contributed by atoms with Crippen LogP contribution in [0.15, 0.2) is 74.5 Å². The van der Waals surface area contributed by atoms with E-state index in [1.165, 1.54) is 31.4 Å². The molecular weight excluding hydrogens is 438 g/mol. The Morgan fingerprint density at radius 3 is 2.58 bits per heavy atom. The number of aromatic nitrogens is 2. The Hall–Kier alpha value is -3.11. The number of hydrogen-bond donors (Lipinski definition) is 2. The predicted octanol–water partition coefficient (Wildman–Crippen LogP) is 2.90. The number of H-pyrrole nitrogens is 1. The molecule has 162 valence electrons. The van der Waals surface area contributed by atoms with Gasteiger partial charge >= 0.3 is 0 Å². The van der Waals surface area contributed by atoms with Crippen molar-refractivity contribution in [1.82, 2.24) is 9.97 Å². The maximum absolute atomic E-state index is 12.7. The first-order chi connectivity index (χ1) is 14.8. The van der Waals surface area contributed by atoms with E-state index in [0.29, 0.717) is 11.4 Å². The van der Waals surface area contributed by atoms with E-state index in [1.54, 1.807) is 6.07 Å². The number of aromatic amines is 1. The molecule has 0 spiro atoms. The second-order valence-corrected chi connectivity index (χ2v) is 9.33. The number of amides is 1. The van der Waals surface area contributed by atoms with E-state index in [0.717, 1.165) is 29.9 Å². The minimum absolute atomic E-state index is 0.00384. The molecule has 3 rings (SSSR count). The van der Waals surface area contributed by atoms with E-state index in [2.05, 4.69) is 15.3 Å². The zero-order valence-corrected chi connectivity index (χ0v) is 18.5. The van der Waals surface area contributed by atoms with Crippen molar-refractivity contribution in [3.8, 4) is 5.75 Å². The average molecular weight is 460 g/mol. The number of aryl methyl sites for hydroxylation is 1. The molecule has 0 aliphatic carbocycles. The molecule has 0 aliphatic heterocycles. The molecule has 2 aromatic carbocycles. The van der Waals surface area contributed by atoms with Crippen LogP contribution in [0.25, 0.3) is 0 Å². The van der Waals surface area contributed by atoms with Gasteiger partial charge in [0, 0.05) is 5.69 Å². The minimum atomic E-state index is -4.04. The second kappa shape index (κ2) is 9.80. The number of nitrogens with zero attached hydrogens (tertiary/aromatic N) is 1. The summed E-state index contributed by atoms with van der Waals surface area (Å²) in [6.45, 7) is 2.03. The number of anilines is 1. The number of carbonyl (C=O) groups is 1. The van der Waals surface area contributed by atoms with Crippen LogP contribution in [0.4, 0.5) is 5.69 Å². The summed E-state index contributed by atoms with van der Waals surface area (Å²) in [4.78, 5) is 30.5. The fourth-order valence-electron chi connectivity index (χ4n) is 2.71. The Labute approximate surface area is 184 Å². The molecule has 1 heterocycles. The minimum Gasteiger partial charge on any atom is -0.497 e. The molecular formula is C21H21N3O5S2. The van der Waals surface area contributed by atoms with Crippen LogP contribution in [0.5, 0.6) is 5.75 Å². The average Bonchev–Trinajstić information content (AvgIpc) is 2.77. The van der Waals surface area contributed by atoms with Gasteiger partial charge in [0.05, 0.1) is 24.0 Å². The van der Waals surface area contributed by atoms with Gasteiger partial charge in [0.15, 0.2) is 10.1 Å². The summed E-state index contributed by atoms with van der Waals surface area (Å²) in [5, 5.41) is 2.93. The maximum atomic E-state index is 12.7. The van der Waals surface area contributed by atoms with Gasteiger partial charge in [-0.2, -0.15) is 0 Å². The van der Waals surface area contributed by atoms with Crippen LogP contribution in [0.1, 0.15) is 12.5 Å². The summed E-state index contributed by atoms with van der Waals surface area (Å²) in [5.74, 6) is 0.234. The van der Waals surface area contributed by atoms with Gasteiger partial charge < -0.3 is 15.0 Å². The van der Waals surface area contributed by atoms with E-state index >= 15 is 0 Å². The Bertz CT molecular complexity index is 1240. The lowest BCUT2D eigenvalue weighted by Crippen LogP contribution is -2.20. The normalized spacial score (nSPS) is 11.2. The van der Waals surface area contributed by atoms with Crippen molar-refractivity contribution in [3.05, 3.63) is 70.6 Å². The van der Waals surface area contributed by atoms with Crippen molar-refractivity contribution >= 4 is 33.2 Å². The largest absolute Gasteiger partial charge is 0.497 e. The summed E-state index contributed by atoms with van der Waals surface area (Å²) < 4.78 is 30.4. The standard InChI is InChI=1S/C21H21N3O5S2/c1-3-14-5-4-6-15(11-14)23-19(25)13-30-21-22-12-18(20(26)24-21)31(27,28)17-9-7-16(29-2)8-10-17/h4-12H,3,13H2,1-2H3,(H,23,25)(H,22,24,26). The van der Waals surface area contributed by atoms with Gasteiger partial charge in [0.25, 0.3) is 5.56 Å². The number of sulfone groups is 1. The molecule has 1 amide bonds. The SMILES string of the molecule is CCc1cccc(NC(=O)CSc2ncc(S(=O)(=O)c3ccc(OC)cc3)c(=O)[nH]2)c1. The molecule has 10 heteroatoms. The quantitative estimate of drug-likeness (QED) is 0.393. The van der Waals surface area contributed by atoms with E-state index in [1.807, 2.05) is 25.1 Å². The van der Waals surface area contributed by atoms with Crippen LogP contribution in [-0.4, -0.2) is 37.2 Å². The van der Waals surface area contributed by atoms with Crippen molar-refractivity contribution in [1.29, 1.82) is 0 Å². The molecule has 3 aromatic rings. The molecule has 0 radical (unpaired) electrons. The highest BCUT2D eigenvalue weighted by Crippen LogP contribution is 2.21. The van der Waals surface area contributed by atoms with E-state index in [-0.39, 0.29) is 21.7 Å². The zero-order chi connectivity index (χ0) is 22.4. The van der Waals surface area contributed by atoms with Crippen LogP contribution in [0, 0.1) is 0 Å². The van der Waals surface area contributed by atoms with Gasteiger partial charge in [-0.05, 0) is 48.4 Å². The third-order valence-corrected chi connectivity index (χ3v) is 7.01. The number of nitrogens with one attached hydrogen (secondary N) is 2. The fourth-order valence-corrected chi connectivity index (χ4v) is 4.58. The molecule has 0 fully saturated rings. The molecule has 0 aliphatic rings. The Morgan fingerprint density at radius 2 is 1.94 bits per heavy atom. The number of hydrogen-bond acceptors (Lipinski definition) is 7. The summed E-state index contributed by atoms with van der Waals surface area (Å²) in [6.07, 6.45) is 1.86. The second-order valence-electron chi connectivity index (χ2n) is 6.45. The smallest absolute Gasteiger partial charge is 0.270 e. The lowest BCUT2D eigenvalue weighted by atomic mass is 10.1. The number of benzene rings is 2. The van der Waals surface area contributed by atoms with Crippen molar-refractivity contribution in [3.63, 3.8) is 0 Å². The van der Waals surface area contributed by atoms with Crippen LogP contribution in [0.3, 0.4) is 0 Å². The zero-order valence-electron chi connectivity index (χ0n) is 16.9. The number of rotatable bonds is 8. The molecule has 0 atom stereocenters.